The van der Waals surface area contributed by atoms with Gasteiger partial charge >= 0.3 is 0 Å². The van der Waals surface area contributed by atoms with Gasteiger partial charge in [0.05, 0.1) is 0 Å². The van der Waals surface area contributed by atoms with E-state index in [4.69, 9.17) is 0 Å². The minimum atomic E-state index is 0.771. The van der Waals surface area contributed by atoms with E-state index in [2.05, 4.69) is 82.6 Å². The fourth-order valence-corrected chi connectivity index (χ4v) is 4.04. The van der Waals surface area contributed by atoms with Crippen LogP contribution in [0.5, 0.6) is 0 Å². The van der Waals surface area contributed by atoms with Crippen molar-refractivity contribution in [1.82, 2.24) is 9.88 Å². The highest BCUT2D eigenvalue weighted by Gasteiger charge is 2.23. The zero-order chi connectivity index (χ0) is 17.1. The van der Waals surface area contributed by atoms with E-state index in [0.29, 0.717) is 0 Å². The maximum absolute atomic E-state index is 3.38. The normalized spacial score (nSPS) is 17.7. The van der Waals surface area contributed by atoms with Gasteiger partial charge in [-0.15, -0.1) is 0 Å². The number of anilines is 1. The lowest BCUT2D eigenvalue weighted by molar-refractivity contribution is 0.290. The summed E-state index contributed by atoms with van der Waals surface area (Å²) in [6.07, 6.45) is 4.58. The Morgan fingerprint density at radius 1 is 1.08 bits per heavy atom. The van der Waals surface area contributed by atoms with E-state index in [0.717, 1.165) is 18.9 Å². The Bertz CT molecular complexity index is 808. The second-order valence-corrected chi connectivity index (χ2v) is 7.31. The fraction of sp³-hybridized carbons (Fsp3) is 0.364. The lowest BCUT2D eigenvalue weighted by Gasteiger charge is -2.22. The zero-order valence-corrected chi connectivity index (χ0v) is 15.0. The van der Waals surface area contributed by atoms with Gasteiger partial charge in [-0.25, -0.2) is 0 Å². The molecule has 3 nitrogen and oxygen atoms in total. The van der Waals surface area contributed by atoms with Gasteiger partial charge in [-0.1, -0.05) is 36.4 Å². The highest BCUT2D eigenvalue weighted by Crippen LogP contribution is 2.24. The van der Waals surface area contributed by atoms with Crippen LogP contribution in [0.2, 0.25) is 0 Å². The predicted octanol–water partition coefficient (Wildman–Crippen LogP) is 4.17. The van der Waals surface area contributed by atoms with Crippen LogP contribution in [0.3, 0.4) is 0 Å². The third-order valence-corrected chi connectivity index (χ3v) is 5.41. The summed E-state index contributed by atoms with van der Waals surface area (Å²) in [6.45, 7) is 4.67. The van der Waals surface area contributed by atoms with Gasteiger partial charge in [0.1, 0.15) is 0 Å². The molecule has 3 aromatic rings. The highest BCUT2D eigenvalue weighted by atomic mass is 15.2. The molecule has 0 saturated carbocycles. The number of aromatic nitrogens is 1. The van der Waals surface area contributed by atoms with Gasteiger partial charge in [0.2, 0.25) is 0 Å². The van der Waals surface area contributed by atoms with E-state index in [1.807, 2.05) is 0 Å². The number of para-hydroxylation sites is 2. The molecule has 3 heteroatoms. The molecule has 1 aliphatic rings. The first-order valence-corrected chi connectivity index (χ1v) is 9.33. The first kappa shape index (κ1) is 16.2. The predicted molar refractivity (Wildman–Crippen MR) is 106 cm³/mol. The van der Waals surface area contributed by atoms with Crippen LogP contribution in [0, 0.1) is 5.92 Å². The van der Waals surface area contributed by atoms with Gasteiger partial charge < -0.3 is 14.8 Å². The van der Waals surface area contributed by atoms with Crippen molar-refractivity contribution in [2.75, 3.05) is 38.1 Å². The van der Waals surface area contributed by atoms with Crippen molar-refractivity contribution in [1.29, 1.82) is 0 Å². The van der Waals surface area contributed by atoms with Crippen molar-refractivity contribution in [3.8, 4) is 0 Å². The van der Waals surface area contributed by atoms with E-state index in [-0.39, 0.29) is 0 Å². The molecule has 0 spiro atoms. The minimum Gasteiger partial charge on any atom is -0.371 e. The number of H-pyrrole nitrogens is 1. The number of likely N-dealkylation sites (N-methyl/N-ethyl adjacent to an activating group) is 1. The van der Waals surface area contributed by atoms with Crippen LogP contribution in [0.4, 0.5) is 5.69 Å². The van der Waals surface area contributed by atoms with Crippen LogP contribution in [-0.2, 0) is 6.42 Å². The van der Waals surface area contributed by atoms with Crippen molar-refractivity contribution in [2.45, 2.75) is 12.8 Å². The quantitative estimate of drug-likeness (QED) is 0.731. The number of rotatable bonds is 6. The summed E-state index contributed by atoms with van der Waals surface area (Å²) in [5.41, 5.74) is 4.04. The average molecular weight is 333 g/mol. The lowest BCUT2D eigenvalue weighted by atomic mass is 10.1. The number of hydrogen-bond acceptors (Lipinski definition) is 2. The number of hydrogen-bond donors (Lipinski definition) is 1. The van der Waals surface area contributed by atoms with Crippen molar-refractivity contribution in [3.05, 3.63) is 66.4 Å². The molecule has 1 N–H and O–H groups in total. The largest absolute Gasteiger partial charge is 0.371 e. The summed E-state index contributed by atoms with van der Waals surface area (Å²) in [7, 11) is 2.26. The van der Waals surface area contributed by atoms with Gasteiger partial charge in [-0.3, -0.25) is 0 Å². The molecular weight excluding hydrogens is 306 g/mol. The average Bonchev–Trinajstić information content (AvgIpc) is 3.28. The summed E-state index contributed by atoms with van der Waals surface area (Å²) < 4.78 is 0. The number of benzene rings is 2. The second kappa shape index (κ2) is 7.32. The van der Waals surface area contributed by atoms with E-state index < -0.39 is 0 Å². The second-order valence-electron chi connectivity index (χ2n) is 7.31. The Hall–Kier alpha value is -2.26. The molecule has 1 fully saturated rings. The van der Waals surface area contributed by atoms with E-state index >= 15 is 0 Å². The van der Waals surface area contributed by atoms with Gasteiger partial charge in [0, 0.05) is 49.0 Å². The summed E-state index contributed by atoms with van der Waals surface area (Å²) in [5.74, 6) is 0.771. The molecule has 1 aromatic heterocycles. The SMILES string of the molecule is CN(CCc1c[nH]c2ccccc12)CC1CCN(c2ccccc2)C1. The van der Waals surface area contributed by atoms with Gasteiger partial charge in [-0.05, 0) is 49.6 Å². The molecule has 1 atom stereocenters. The lowest BCUT2D eigenvalue weighted by Crippen LogP contribution is -2.29. The Balaban J connectivity index is 1.29. The topological polar surface area (TPSA) is 22.3 Å². The molecular formula is C22H27N3. The van der Waals surface area contributed by atoms with Crippen LogP contribution in [0.1, 0.15) is 12.0 Å². The van der Waals surface area contributed by atoms with Crippen LogP contribution < -0.4 is 4.90 Å². The molecule has 0 aliphatic carbocycles. The molecule has 0 radical (unpaired) electrons. The molecule has 4 rings (SSSR count). The van der Waals surface area contributed by atoms with Gasteiger partial charge in [0.15, 0.2) is 0 Å². The Morgan fingerprint density at radius 2 is 1.88 bits per heavy atom. The smallest absolute Gasteiger partial charge is 0.0456 e. The Labute approximate surface area is 150 Å². The zero-order valence-electron chi connectivity index (χ0n) is 15.0. The summed E-state index contributed by atoms with van der Waals surface area (Å²) >= 11 is 0. The number of nitrogens with one attached hydrogen (secondary N) is 1. The third kappa shape index (κ3) is 3.72. The van der Waals surface area contributed by atoms with Crippen LogP contribution in [-0.4, -0.2) is 43.1 Å². The fourth-order valence-electron chi connectivity index (χ4n) is 4.04. The van der Waals surface area contributed by atoms with Crippen molar-refractivity contribution in [3.63, 3.8) is 0 Å². The van der Waals surface area contributed by atoms with Crippen molar-refractivity contribution >= 4 is 16.6 Å². The molecule has 130 valence electrons. The Kier molecular flexibility index (Phi) is 4.75. The highest BCUT2D eigenvalue weighted by molar-refractivity contribution is 5.83. The standard InChI is InChI=1S/C22H27N3/c1-24(13-12-19-15-23-22-10-6-5-9-21(19)22)16-18-11-14-25(17-18)20-7-3-2-4-8-20/h2-10,15,18,23H,11-14,16-17H2,1H3. The van der Waals surface area contributed by atoms with Gasteiger partial charge in [0.25, 0.3) is 0 Å². The molecule has 2 aromatic carbocycles. The molecule has 1 unspecified atom stereocenters. The summed E-state index contributed by atoms with van der Waals surface area (Å²) in [5, 5.41) is 1.37. The number of fused-ring (bicyclic) bond motifs is 1. The van der Waals surface area contributed by atoms with Crippen molar-refractivity contribution in [2.24, 2.45) is 5.92 Å². The van der Waals surface area contributed by atoms with Crippen molar-refractivity contribution < 1.29 is 0 Å². The van der Waals surface area contributed by atoms with Gasteiger partial charge in [-0.2, -0.15) is 0 Å². The molecule has 1 aliphatic heterocycles. The maximum atomic E-state index is 3.38. The minimum absolute atomic E-state index is 0.771. The van der Waals surface area contributed by atoms with E-state index in [1.54, 1.807) is 0 Å². The molecule has 2 heterocycles. The van der Waals surface area contributed by atoms with E-state index in [1.165, 1.54) is 48.2 Å². The summed E-state index contributed by atoms with van der Waals surface area (Å²) in [6, 6.07) is 19.4. The van der Waals surface area contributed by atoms with E-state index in [9.17, 15) is 0 Å². The first-order valence-electron chi connectivity index (χ1n) is 9.33. The molecule has 0 amide bonds. The number of aromatic amines is 1. The maximum Gasteiger partial charge on any atom is 0.0456 e. The molecule has 25 heavy (non-hydrogen) atoms. The summed E-state index contributed by atoms with van der Waals surface area (Å²) in [4.78, 5) is 8.41. The van der Waals surface area contributed by atoms with Crippen LogP contribution in [0.25, 0.3) is 10.9 Å². The van der Waals surface area contributed by atoms with Crippen LogP contribution in [0.15, 0.2) is 60.8 Å². The third-order valence-electron chi connectivity index (χ3n) is 5.41. The first-order chi connectivity index (χ1) is 12.3. The molecule has 1 saturated heterocycles. The monoisotopic (exact) mass is 333 g/mol. The van der Waals surface area contributed by atoms with Crippen LogP contribution >= 0.6 is 0 Å². The Morgan fingerprint density at radius 3 is 2.76 bits per heavy atom. The number of nitrogens with zero attached hydrogens (tertiary/aromatic N) is 2. The molecule has 0 bridgehead atoms.